The van der Waals surface area contributed by atoms with Crippen LogP contribution in [0.1, 0.15) is 42.0 Å². The Hall–Kier alpha value is -2.27. The average Bonchev–Trinajstić information content (AvgIpc) is 2.64. The van der Waals surface area contributed by atoms with E-state index in [1.54, 1.807) is 11.8 Å². The van der Waals surface area contributed by atoms with E-state index >= 15 is 0 Å². The van der Waals surface area contributed by atoms with Crippen LogP contribution in [0.3, 0.4) is 0 Å². The van der Waals surface area contributed by atoms with Crippen LogP contribution >= 0.6 is 11.8 Å². The standard InChI is InChI=1S/C23H30N2O2S/c1-15-9-6-10-16(2)21(15)24-20(26)13-8-14-28-19(5)23(27)25-22-17(3)11-7-12-18(22)4/h6-7,9-12,19H,8,13-14H2,1-5H3,(H,24,26)(H,25,27). The van der Waals surface area contributed by atoms with Crippen molar-refractivity contribution in [3.8, 4) is 0 Å². The molecule has 0 spiro atoms. The molecule has 0 saturated heterocycles. The highest BCUT2D eigenvalue weighted by molar-refractivity contribution is 8.00. The van der Waals surface area contributed by atoms with Crippen molar-refractivity contribution >= 4 is 35.0 Å². The van der Waals surface area contributed by atoms with Gasteiger partial charge in [-0.2, -0.15) is 0 Å². The number of carbonyl (C=O) groups excluding carboxylic acids is 2. The molecule has 2 rings (SSSR count). The van der Waals surface area contributed by atoms with Crippen LogP contribution in [-0.2, 0) is 9.59 Å². The zero-order valence-electron chi connectivity index (χ0n) is 17.4. The predicted molar refractivity (Wildman–Crippen MR) is 120 cm³/mol. The number of thioether (sulfide) groups is 1. The number of carbonyl (C=O) groups is 2. The van der Waals surface area contributed by atoms with Gasteiger partial charge in [-0.3, -0.25) is 9.59 Å². The highest BCUT2D eigenvalue weighted by Crippen LogP contribution is 2.22. The number of rotatable bonds is 8. The van der Waals surface area contributed by atoms with Gasteiger partial charge in [0.2, 0.25) is 11.8 Å². The van der Waals surface area contributed by atoms with Crippen molar-refractivity contribution in [3.63, 3.8) is 0 Å². The summed E-state index contributed by atoms with van der Waals surface area (Å²) in [5.41, 5.74) is 6.07. The molecule has 0 fully saturated rings. The Morgan fingerprint density at radius 1 is 0.857 bits per heavy atom. The van der Waals surface area contributed by atoms with Crippen molar-refractivity contribution < 1.29 is 9.59 Å². The molecule has 0 heterocycles. The molecule has 0 aromatic heterocycles. The summed E-state index contributed by atoms with van der Waals surface area (Å²) in [5, 5.41) is 5.87. The molecule has 0 aliphatic rings. The first-order valence-electron chi connectivity index (χ1n) is 9.64. The average molecular weight is 399 g/mol. The largest absolute Gasteiger partial charge is 0.326 e. The molecule has 2 aromatic rings. The molecule has 150 valence electrons. The first-order chi connectivity index (χ1) is 13.3. The second-order valence-electron chi connectivity index (χ2n) is 7.19. The summed E-state index contributed by atoms with van der Waals surface area (Å²) in [6, 6.07) is 12.0. The van der Waals surface area contributed by atoms with Crippen LogP contribution in [0.25, 0.3) is 0 Å². The van der Waals surface area contributed by atoms with Gasteiger partial charge in [0.1, 0.15) is 0 Å². The Kier molecular flexibility index (Phi) is 8.12. The Morgan fingerprint density at radius 2 is 1.32 bits per heavy atom. The number of benzene rings is 2. The van der Waals surface area contributed by atoms with Gasteiger partial charge in [0.25, 0.3) is 0 Å². The first kappa shape index (κ1) is 22.0. The summed E-state index contributed by atoms with van der Waals surface area (Å²) in [6.45, 7) is 9.89. The molecule has 1 atom stereocenters. The molecule has 5 heteroatoms. The predicted octanol–water partition coefficient (Wildman–Crippen LogP) is 5.40. The molecule has 0 radical (unpaired) electrons. The maximum atomic E-state index is 12.4. The zero-order valence-corrected chi connectivity index (χ0v) is 18.2. The van der Waals surface area contributed by atoms with Gasteiger partial charge < -0.3 is 10.6 Å². The number of hydrogen-bond donors (Lipinski definition) is 2. The molecular formula is C23H30N2O2S. The fourth-order valence-corrected chi connectivity index (χ4v) is 3.89. The van der Waals surface area contributed by atoms with Gasteiger partial charge >= 0.3 is 0 Å². The van der Waals surface area contributed by atoms with Gasteiger partial charge in [0.05, 0.1) is 5.25 Å². The van der Waals surface area contributed by atoms with Crippen LogP contribution in [0, 0.1) is 27.7 Å². The fourth-order valence-electron chi connectivity index (χ4n) is 3.02. The van der Waals surface area contributed by atoms with Gasteiger partial charge in [-0.1, -0.05) is 36.4 Å². The second-order valence-corrected chi connectivity index (χ2v) is 8.64. The monoisotopic (exact) mass is 398 g/mol. The molecule has 0 aliphatic carbocycles. The van der Waals surface area contributed by atoms with Gasteiger partial charge in [-0.15, -0.1) is 11.8 Å². The number of aryl methyl sites for hydroxylation is 4. The molecule has 4 nitrogen and oxygen atoms in total. The lowest BCUT2D eigenvalue weighted by Crippen LogP contribution is -2.24. The van der Waals surface area contributed by atoms with Gasteiger partial charge in [0, 0.05) is 17.8 Å². The minimum absolute atomic E-state index is 0.00221. The molecule has 2 amide bonds. The topological polar surface area (TPSA) is 58.2 Å². The number of amides is 2. The quantitative estimate of drug-likeness (QED) is 0.585. The van der Waals surface area contributed by atoms with Gasteiger partial charge in [0.15, 0.2) is 0 Å². The molecule has 2 aromatic carbocycles. The first-order valence-corrected chi connectivity index (χ1v) is 10.7. The van der Waals surface area contributed by atoms with Gasteiger partial charge in [-0.25, -0.2) is 0 Å². The van der Waals surface area contributed by atoms with E-state index in [2.05, 4.69) is 10.6 Å². The van der Waals surface area contributed by atoms with E-state index in [1.807, 2.05) is 71.0 Å². The second kappa shape index (κ2) is 10.3. The number of para-hydroxylation sites is 2. The molecule has 1 unspecified atom stereocenters. The van der Waals surface area contributed by atoms with Gasteiger partial charge in [-0.05, 0) is 69.0 Å². The third kappa shape index (κ3) is 6.13. The van der Waals surface area contributed by atoms with E-state index in [-0.39, 0.29) is 17.1 Å². The Labute approximate surface area is 172 Å². The number of hydrogen-bond acceptors (Lipinski definition) is 3. The SMILES string of the molecule is Cc1cccc(C)c1NC(=O)CCCSC(C)C(=O)Nc1c(C)cccc1C. The lowest BCUT2D eigenvalue weighted by Gasteiger charge is -2.15. The number of anilines is 2. The molecular weight excluding hydrogens is 368 g/mol. The third-order valence-corrected chi connectivity index (χ3v) is 6.00. The van der Waals surface area contributed by atoms with E-state index in [9.17, 15) is 9.59 Å². The molecule has 28 heavy (non-hydrogen) atoms. The number of nitrogens with one attached hydrogen (secondary N) is 2. The van der Waals surface area contributed by atoms with Crippen molar-refractivity contribution in [1.82, 2.24) is 0 Å². The van der Waals surface area contributed by atoms with Crippen molar-refractivity contribution in [2.24, 2.45) is 0 Å². The van der Waals surface area contributed by atoms with E-state index in [0.717, 1.165) is 45.8 Å². The Morgan fingerprint density at radius 3 is 1.82 bits per heavy atom. The van der Waals surface area contributed by atoms with Crippen LogP contribution in [0.15, 0.2) is 36.4 Å². The minimum atomic E-state index is -0.166. The molecule has 2 N–H and O–H groups in total. The molecule has 0 bridgehead atoms. The summed E-state index contributed by atoms with van der Waals surface area (Å²) >= 11 is 1.58. The van der Waals surface area contributed by atoms with Crippen molar-refractivity contribution in [1.29, 1.82) is 0 Å². The highest BCUT2D eigenvalue weighted by Gasteiger charge is 2.15. The van der Waals surface area contributed by atoms with E-state index in [1.165, 1.54) is 0 Å². The van der Waals surface area contributed by atoms with Crippen LogP contribution in [0.5, 0.6) is 0 Å². The van der Waals surface area contributed by atoms with Crippen LogP contribution < -0.4 is 10.6 Å². The summed E-state index contributed by atoms with van der Waals surface area (Å²) in [7, 11) is 0. The maximum absolute atomic E-state index is 12.4. The van der Waals surface area contributed by atoms with Crippen LogP contribution in [-0.4, -0.2) is 22.8 Å². The van der Waals surface area contributed by atoms with Crippen LogP contribution in [0.2, 0.25) is 0 Å². The zero-order chi connectivity index (χ0) is 20.7. The van der Waals surface area contributed by atoms with Crippen molar-refractivity contribution in [3.05, 3.63) is 58.7 Å². The Bertz CT molecular complexity index is 808. The smallest absolute Gasteiger partial charge is 0.237 e. The normalized spacial score (nSPS) is 11.8. The third-order valence-electron chi connectivity index (χ3n) is 4.76. The maximum Gasteiger partial charge on any atom is 0.237 e. The minimum Gasteiger partial charge on any atom is -0.326 e. The molecule has 0 aliphatic heterocycles. The summed E-state index contributed by atoms with van der Waals surface area (Å²) < 4.78 is 0. The van der Waals surface area contributed by atoms with Crippen molar-refractivity contribution in [2.75, 3.05) is 16.4 Å². The van der Waals surface area contributed by atoms with E-state index < -0.39 is 0 Å². The summed E-state index contributed by atoms with van der Waals surface area (Å²) in [4.78, 5) is 24.7. The van der Waals surface area contributed by atoms with Crippen molar-refractivity contribution in [2.45, 2.75) is 52.7 Å². The summed E-state index contributed by atoms with van der Waals surface area (Å²) in [5.74, 6) is 0.787. The van der Waals surface area contributed by atoms with Crippen LogP contribution in [0.4, 0.5) is 11.4 Å². The summed E-state index contributed by atoms with van der Waals surface area (Å²) in [6.07, 6.45) is 1.19. The highest BCUT2D eigenvalue weighted by atomic mass is 32.2. The van der Waals surface area contributed by atoms with E-state index in [4.69, 9.17) is 0 Å². The lowest BCUT2D eigenvalue weighted by molar-refractivity contribution is -0.116. The molecule has 0 saturated carbocycles. The lowest BCUT2D eigenvalue weighted by atomic mass is 10.1. The van der Waals surface area contributed by atoms with E-state index in [0.29, 0.717) is 6.42 Å². The fraction of sp³-hybridized carbons (Fsp3) is 0.391. The Balaban J connectivity index is 1.75.